The zero-order valence-corrected chi connectivity index (χ0v) is 11.9. The first-order chi connectivity index (χ1) is 8.72. The van der Waals surface area contributed by atoms with Crippen molar-refractivity contribution in [2.45, 2.75) is 6.54 Å². The molecule has 0 bridgehead atoms. The third-order valence-electron chi connectivity index (χ3n) is 3.00. The smallest absolute Gasteiger partial charge is 0.0494 e. The average molecular weight is 321 g/mol. The number of hydrogen-bond donors (Lipinski definition) is 0. The van der Waals surface area contributed by atoms with Crippen LogP contribution in [-0.4, -0.2) is 4.57 Å². The summed E-state index contributed by atoms with van der Waals surface area (Å²) in [6.07, 6.45) is 2.12. The van der Waals surface area contributed by atoms with Crippen molar-refractivity contribution < 1.29 is 0 Å². The lowest BCUT2D eigenvalue weighted by molar-refractivity contribution is 0.837. The Labute approximate surface area is 119 Å². The average Bonchev–Trinajstić information content (AvgIpc) is 2.75. The first kappa shape index (κ1) is 11.8. The first-order valence-corrected chi connectivity index (χ1v) is 6.88. The predicted octanol–water partition coefficient (Wildman–Crippen LogP) is 5.11. The van der Waals surface area contributed by atoms with Gasteiger partial charge in [-0.25, -0.2) is 0 Å². The predicted molar refractivity (Wildman–Crippen MR) is 80.2 cm³/mol. The molecule has 90 valence electrons. The van der Waals surface area contributed by atoms with Gasteiger partial charge in [-0.05, 0) is 41.3 Å². The zero-order chi connectivity index (χ0) is 12.5. The highest BCUT2D eigenvalue weighted by Gasteiger charge is 2.02. The van der Waals surface area contributed by atoms with Gasteiger partial charge in [0.15, 0.2) is 0 Å². The Bertz CT molecular complexity index is 685. The van der Waals surface area contributed by atoms with Crippen LogP contribution in [0.1, 0.15) is 5.56 Å². The van der Waals surface area contributed by atoms with Crippen molar-refractivity contribution >= 4 is 38.4 Å². The molecule has 0 saturated carbocycles. The molecule has 0 aliphatic heterocycles. The fourth-order valence-corrected chi connectivity index (χ4v) is 2.56. The van der Waals surface area contributed by atoms with Gasteiger partial charge in [0.1, 0.15) is 0 Å². The van der Waals surface area contributed by atoms with E-state index in [0.29, 0.717) is 0 Å². The lowest BCUT2D eigenvalue weighted by Gasteiger charge is -2.06. The number of halogens is 2. The monoisotopic (exact) mass is 319 g/mol. The summed E-state index contributed by atoms with van der Waals surface area (Å²) < 4.78 is 3.34. The van der Waals surface area contributed by atoms with Crippen LogP contribution < -0.4 is 0 Å². The minimum Gasteiger partial charge on any atom is -0.343 e. The van der Waals surface area contributed by atoms with Crippen molar-refractivity contribution in [1.82, 2.24) is 4.57 Å². The van der Waals surface area contributed by atoms with Gasteiger partial charge in [-0.15, -0.1) is 0 Å². The summed E-state index contributed by atoms with van der Waals surface area (Å²) >= 11 is 9.41. The van der Waals surface area contributed by atoms with Gasteiger partial charge in [-0.2, -0.15) is 0 Å². The molecule has 1 heterocycles. The van der Waals surface area contributed by atoms with Crippen LogP contribution in [0.2, 0.25) is 5.02 Å². The summed E-state index contributed by atoms with van der Waals surface area (Å²) in [5.41, 5.74) is 2.48. The summed E-state index contributed by atoms with van der Waals surface area (Å²) in [4.78, 5) is 0. The summed E-state index contributed by atoms with van der Waals surface area (Å²) in [7, 11) is 0. The molecule has 0 aliphatic rings. The Balaban J connectivity index is 1.99. The molecule has 18 heavy (non-hydrogen) atoms. The lowest BCUT2D eigenvalue weighted by Crippen LogP contribution is -1.97. The third-order valence-corrected chi connectivity index (χ3v) is 3.75. The van der Waals surface area contributed by atoms with Crippen LogP contribution in [0.3, 0.4) is 0 Å². The van der Waals surface area contributed by atoms with E-state index in [9.17, 15) is 0 Å². The second-order valence-corrected chi connectivity index (χ2v) is 5.63. The van der Waals surface area contributed by atoms with Crippen molar-refractivity contribution in [2.75, 3.05) is 0 Å². The first-order valence-electron chi connectivity index (χ1n) is 5.71. The highest BCUT2D eigenvalue weighted by Crippen LogP contribution is 2.22. The standard InChI is InChI=1S/C15H11BrClN/c16-13-4-3-12-7-8-18(15(12)9-13)10-11-1-5-14(17)6-2-11/h1-9H,10H2. The zero-order valence-electron chi connectivity index (χ0n) is 9.61. The van der Waals surface area contributed by atoms with E-state index in [4.69, 9.17) is 11.6 Å². The maximum absolute atomic E-state index is 5.90. The fraction of sp³-hybridized carbons (Fsp3) is 0.0667. The second-order valence-electron chi connectivity index (χ2n) is 4.27. The summed E-state index contributed by atoms with van der Waals surface area (Å²) in [6, 6.07) is 16.4. The Morgan fingerprint density at radius 2 is 1.78 bits per heavy atom. The molecule has 1 nitrogen and oxygen atoms in total. The lowest BCUT2D eigenvalue weighted by atomic mass is 10.2. The van der Waals surface area contributed by atoms with Gasteiger partial charge in [0.05, 0.1) is 0 Å². The van der Waals surface area contributed by atoms with Crippen molar-refractivity contribution in [3.05, 3.63) is 69.8 Å². The molecule has 0 spiro atoms. The van der Waals surface area contributed by atoms with E-state index in [1.54, 1.807) is 0 Å². The molecule has 0 fully saturated rings. The Hall–Kier alpha value is -1.25. The molecule has 3 aromatic rings. The van der Waals surface area contributed by atoms with Gasteiger partial charge in [0.25, 0.3) is 0 Å². The number of rotatable bonds is 2. The van der Waals surface area contributed by atoms with E-state index in [1.165, 1.54) is 16.5 Å². The largest absolute Gasteiger partial charge is 0.343 e. The topological polar surface area (TPSA) is 4.93 Å². The number of fused-ring (bicyclic) bond motifs is 1. The molecule has 3 heteroatoms. The van der Waals surface area contributed by atoms with Gasteiger partial charge in [-0.3, -0.25) is 0 Å². The molecule has 0 radical (unpaired) electrons. The van der Waals surface area contributed by atoms with Gasteiger partial charge >= 0.3 is 0 Å². The van der Waals surface area contributed by atoms with E-state index in [1.807, 2.05) is 12.1 Å². The van der Waals surface area contributed by atoms with E-state index >= 15 is 0 Å². The fourth-order valence-electron chi connectivity index (χ4n) is 2.08. The Kier molecular flexibility index (Phi) is 3.14. The minimum atomic E-state index is 0.777. The van der Waals surface area contributed by atoms with Crippen molar-refractivity contribution in [2.24, 2.45) is 0 Å². The van der Waals surface area contributed by atoms with Crippen LogP contribution in [-0.2, 0) is 6.54 Å². The normalized spacial score (nSPS) is 11.0. The summed E-state index contributed by atoms with van der Waals surface area (Å²) in [5, 5.41) is 2.03. The minimum absolute atomic E-state index is 0.777. The number of benzene rings is 2. The van der Waals surface area contributed by atoms with Crippen LogP contribution in [0.25, 0.3) is 10.9 Å². The van der Waals surface area contributed by atoms with Gasteiger partial charge in [0, 0.05) is 27.8 Å². The van der Waals surface area contributed by atoms with Crippen molar-refractivity contribution in [3.63, 3.8) is 0 Å². The highest BCUT2D eigenvalue weighted by molar-refractivity contribution is 9.10. The van der Waals surface area contributed by atoms with Crippen LogP contribution >= 0.6 is 27.5 Å². The molecule has 0 amide bonds. The molecular weight excluding hydrogens is 310 g/mol. The molecule has 0 aliphatic carbocycles. The molecule has 2 aromatic carbocycles. The summed E-state index contributed by atoms with van der Waals surface area (Å²) in [5.74, 6) is 0. The molecular formula is C15H11BrClN. The van der Waals surface area contributed by atoms with Gasteiger partial charge in [0.2, 0.25) is 0 Å². The van der Waals surface area contributed by atoms with E-state index < -0.39 is 0 Å². The molecule has 1 aromatic heterocycles. The Morgan fingerprint density at radius 1 is 1.00 bits per heavy atom. The van der Waals surface area contributed by atoms with Crippen molar-refractivity contribution in [1.29, 1.82) is 0 Å². The van der Waals surface area contributed by atoms with Crippen molar-refractivity contribution in [3.8, 4) is 0 Å². The van der Waals surface area contributed by atoms with Gasteiger partial charge in [-0.1, -0.05) is 45.7 Å². The van der Waals surface area contributed by atoms with E-state index in [-0.39, 0.29) is 0 Å². The molecule has 0 atom stereocenters. The van der Waals surface area contributed by atoms with E-state index in [2.05, 4.69) is 63.1 Å². The number of aromatic nitrogens is 1. The molecule has 3 rings (SSSR count). The highest BCUT2D eigenvalue weighted by atomic mass is 79.9. The quantitative estimate of drug-likeness (QED) is 0.618. The van der Waals surface area contributed by atoms with E-state index in [0.717, 1.165) is 16.0 Å². The van der Waals surface area contributed by atoms with Crippen LogP contribution in [0, 0.1) is 0 Å². The number of nitrogens with zero attached hydrogens (tertiary/aromatic N) is 1. The maximum atomic E-state index is 5.90. The summed E-state index contributed by atoms with van der Waals surface area (Å²) in [6.45, 7) is 0.858. The molecule has 0 unspecified atom stereocenters. The maximum Gasteiger partial charge on any atom is 0.0494 e. The number of hydrogen-bond acceptors (Lipinski definition) is 0. The third kappa shape index (κ3) is 2.31. The van der Waals surface area contributed by atoms with Gasteiger partial charge < -0.3 is 4.57 Å². The SMILES string of the molecule is Clc1ccc(Cn2ccc3ccc(Br)cc32)cc1. The van der Waals surface area contributed by atoms with Crippen LogP contribution in [0.15, 0.2) is 59.2 Å². The second kappa shape index (κ2) is 4.79. The molecule has 0 N–H and O–H groups in total. The Morgan fingerprint density at radius 3 is 2.56 bits per heavy atom. The van der Waals surface area contributed by atoms with Crippen LogP contribution in [0.5, 0.6) is 0 Å². The van der Waals surface area contributed by atoms with Crippen LogP contribution in [0.4, 0.5) is 0 Å². The molecule has 0 saturated heterocycles.